The van der Waals surface area contributed by atoms with E-state index in [9.17, 15) is 5.11 Å². The molecule has 0 aromatic heterocycles. The van der Waals surface area contributed by atoms with Crippen molar-refractivity contribution in [1.82, 2.24) is 0 Å². The summed E-state index contributed by atoms with van der Waals surface area (Å²) in [4.78, 5) is 1.18. The summed E-state index contributed by atoms with van der Waals surface area (Å²) in [5.41, 5.74) is 2.19. The molecule has 0 bridgehead atoms. The third-order valence-electron chi connectivity index (χ3n) is 3.40. The third kappa shape index (κ3) is 3.39. The Morgan fingerprint density at radius 2 is 1.81 bits per heavy atom. The minimum atomic E-state index is -0.336. The molecule has 1 unspecified atom stereocenters. The van der Waals surface area contributed by atoms with Gasteiger partial charge in [0.05, 0.1) is 6.10 Å². The summed E-state index contributed by atoms with van der Waals surface area (Å²) in [6.45, 7) is 8.27. The average Bonchev–Trinajstić information content (AvgIpc) is 2.29. The van der Waals surface area contributed by atoms with Gasteiger partial charge in [0, 0.05) is 4.91 Å². The number of rotatable bonds is 4. The Bertz CT molecular complexity index is 270. The first kappa shape index (κ1) is 13.9. The van der Waals surface area contributed by atoms with Crippen LogP contribution in [-0.2, 0) is 0 Å². The highest BCUT2D eigenvalue weighted by molar-refractivity contribution is 8.02. The summed E-state index contributed by atoms with van der Waals surface area (Å²) < 4.78 is 0. The summed E-state index contributed by atoms with van der Waals surface area (Å²) >= 11 is 1.70. The van der Waals surface area contributed by atoms with Crippen molar-refractivity contribution in [3.63, 3.8) is 0 Å². The quantitative estimate of drug-likeness (QED) is 0.745. The highest BCUT2D eigenvalue weighted by Gasteiger charge is 2.25. The lowest BCUT2D eigenvalue weighted by molar-refractivity contribution is 0.118. The zero-order chi connectivity index (χ0) is 12.1. The van der Waals surface area contributed by atoms with E-state index in [1.54, 1.807) is 11.8 Å². The van der Waals surface area contributed by atoms with Crippen molar-refractivity contribution >= 4 is 11.8 Å². The lowest BCUT2D eigenvalue weighted by Crippen LogP contribution is -2.25. The molecule has 0 spiro atoms. The second-order valence-corrected chi connectivity index (χ2v) is 5.72. The number of allylic oxidation sites excluding steroid dienone is 1. The summed E-state index contributed by atoms with van der Waals surface area (Å²) in [5, 5.41) is 10.3. The number of hydrogen-bond acceptors (Lipinski definition) is 2. The van der Waals surface area contributed by atoms with Gasteiger partial charge in [-0.3, -0.25) is 0 Å². The summed E-state index contributed by atoms with van der Waals surface area (Å²) in [7, 11) is 0. The first-order valence-corrected chi connectivity index (χ1v) is 7.39. The Labute approximate surface area is 104 Å². The molecule has 1 rings (SSSR count). The van der Waals surface area contributed by atoms with Crippen LogP contribution in [0, 0.1) is 5.92 Å². The zero-order valence-corrected chi connectivity index (χ0v) is 11.6. The molecule has 1 aliphatic rings. The van der Waals surface area contributed by atoms with Crippen molar-refractivity contribution in [3.8, 4) is 0 Å². The SMILES string of the molecule is C=C(C(SC)=C(C)C)C(O)C1CCCCC1. The fourth-order valence-electron chi connectivity index (χ4n) is 2.53. The molecule has 16 heavy (non-hydrogen) atoms. The minimum Gasteiger partial charge on any atom is -0.388 e. The van der Waals surface area contributed by atoms with Crippen LogP contribution >= 0.6 is 11.8 Å². The van der Waals surface area contributed by atoms with E-state index >= 15 is 0 Å². The first-order valence-electron chi connectivity index (χ1n) is 6.16. The molecule has 1 saturated carbocycles. The van der Waals surface area contributed by atoms with Gasteiger partial charge in [0.25, 0.3) is 0 Å². The maximum absolute atomic E-state index is 10.3. The van der Waals surface area contributed by atoms with E-state index < -0.39 is 0 Å². The molecule has 1 aliphatic carbocycles. The molecule has 0 aliphatic heterocycles. The van der Waals surface area contributed by atoms with Crippen molar-refractivity contribution in [3.05, 3.63) is 22.6 Å². The first-order chi connectivity index (χ1) is 7.57. The summed E-state index contributed by atoms with van der Waals surface area (Å²) in [6, 6.07) is 0. The number of aliphatic hydroxyl groups is 1. The van der Waals surface area contributed by atoms with Gasteiger partial charge in [0.15, 0.2) is 0 Å². The lowest BCUT2D eigenvalue weighted by atomic mass is 9.82. The second-order valence-electron chi connectivity index (χ2n) is 4.90. The van der Waals surface area contributed by atoms with E-state index in [0.717, 1.165) is 18.4 Å². The fourth-order valence-corrected chi connectivity index (χ4v) is 3.32. The molecular weight excluding hydrogens is 216 g/mol. The van der Waals surface area contributed by atoms with Crippen LogP contribution in [0.25, 0.3) is 0 Å². The maximum atomic E-state index is 10.3. The van der Waals surface area contributed by atoms with Crippen LogP contribution < -0.4 is 0 Å². The molecule has 0 aromatic carbocycles. The normalized spacial score (nSPS) is 19.2. The Kier molecular flexibility index (Phi) is 5.63. The van der Waals surface area contributed by atoms with E-state index in [2.05, 4.69) is 26.7 Å². The maximum Gasteiger partial charge on any atom is 0.0823 e. The standard InChI is InChI=1S/C14H24OS/c1-10(2)14(16-4)11(3)13(15)12-8-6-5-7-9-12/h12-13,15H,3,5-9H2,1-2,4H3. The second kappa shape index (κ2) is 6.51. The van der Waals surface area contributed by atoms with Crippen LogP contribution in [0.1, 0.15) is 46.0 Å². The highest BCUT2D eigenvalue weighted by Crippen LogP contribution is 2.34. The molecule has 1 N–H and O–H groups in total. The molecule has 1 nitrogen and oxygen atoms in total. The zero-order valence-electron chi connectivity index (χ0n) is 10.8. The molecule has 0 saturated heterocycles. The molecule has 1 fully saturated rings. The van der Waals surface area contributed by atoms with E-state index in [-0.39, 0.29) is 6.10 Å². The lowest BCUT2D eigenvalue weighted by Gasteiger charge is -2.28. The average molecular weight is 240 g/mol. The van der Waals surface area contributed by atoms with Gasteiger partial charge in [0.2, 0.25) is 0 Å². The van der Waals surface area contributed by atoms with Crippen LogP contribution in [0.5, 0.6) is 0 Å². The monoisotopic (exact) mass is 240 g/mol. The van der Waals surface area contributed by atoms with Crippen LogP contribution in [-0.4, -0.2) is 17.5 Å². The molecule has 0 amide bonds. The molecule has 0 heterocycles. The van der Waals surface area contributed by atoms with E-state index in [4.69, 9.17) is 0 Å². The summed E-state index contributed by atoms with van der Waals surface area (Å²) in [6.07, 6.45) is 7.89. The highest BCUT2D eigenvalue weighted by atomic mass is 32.2. The van der Waals surface area contributed by atoms with Gasteiger partial charge >= 0.3 is 0 Å². The van der Waals surface area contributed by atoms with Crippen LogP contribution in [0.15, 0.2) is 22.6 Å². The number of thioether (sulfide) groups is 1. The minimum absolute atomic E-state index is 0.336. The third-order valence-corrected chi connectivity index (χ3v) is 4.48. The van der Waals surface area contributed by atoms with Gasteiger partial charge in [-0.2, -0.15) is 0 Å². The van der Waals surface area contributed by atoms with Crippen molar-refractivity contribution < 1.29 is 5.11 Å². The van der Waals surface area contributed by atoms with Crippen molar-refractivity contribution in [2.24, 2.45) is 5.92 Å². The van der Waals surface area contributed by atoms with Gasteiger partial charge in [0.1, 0.15) is 0 Å². The smallest absolute Gasteiger partial charge is 0.0823 e. The van der Waals surface area contributed by atoms with Gasteiger partial charge in [-0.1, -0.05) is 31.4 Å². The van der Waals surface area contributed by atoms with E-state index in [0.29, 0.717) is 5.92 Å². The van der Waals surface area contributed by atoms with Gasteiger partial charge in [-0.25, -0.2) is 0 Å². The Morgan fingerprint density at radius 1 is 1.25 bits per heavy atom. The summed E-state index contributed by atoms with van der Waals surface area (Å²) in [5.74, 6) is 0.433. The predicted octanol–water partition coefficient (Wildman–Crippen LogP) is 4.14. The van der Waals surface area contributed by atoms with E-state index in [1.807, 2.05) is 0 Å². The molecular formula is C14H24OS. The number of aliphatic hydroxyl groups excluding tert-OH is 1. The molecule has 0 aromatic rings. The van der Waals surface area contributed by atoms with Gasteiger partial charge in [-0.15, -0.1) is 11.8 Å². The van der Waals surface area contributed by atoms with Gasteiger partial charge < -0.3 is 5.11 Å². The molecule has 2 heteroatoms. The molecule has 0 radical (unpaired) electrons. The topological polar surface area (TPSA) is 20.2 Å². The van der Waals surface area contributed by atoms with Crippen LogP contribution in [0.3, 0.4) is 0 Å². The predicted molar refractivity (Wildman–Crippen MR) is 73.6 cm³/mol. The van der Waals surface area contributed by atoms with Crippen molar-refractivity contribution in [2.75, 3.05) is 6.26 Å². The van der Waals surface area contributed by atoms with E-state index in [1.165, 1.54) is 29.7 Å². The molecule has 92 valence electrons. The van der Waals surface area contributed by atoms with Gasteiger partial charge in [-0.05, 0) is 44.4 Å². The van der Waals surface area contributed by atoms with Crippen molar-refractivity contribution in [2.45, 2.75) is 52.1 Å². The van der Waals surface area contributed by atoms with Crippen LogP contribution in [0.2, 0.25) is 0 Å². The Hall–Kier alpha value is -0.210. The Balaban J connectivity index is 2.68. The number of hydrogen-bond donors (Lipinski definition) is 1. The Morgan fingerprint density at radius 3 is 2.25 bits per heavy atom. The van der Waals surface area contributed by atoms with Crippen LogP contribution in [0.4, 0.5) is 0 Å². The molecule has 1 atom stereocenters. The van der Waals surface area contributed by atoms with Crippen molar-refractivity contribution in [1.29, 1.82) is 0 Å². The fraction of sp³-hybridized carbons (Fsp3) is 0.714. The largest absolute Gasteiger partial charge is 0.388 e.